The van der Waals surface area contributed by atoms with Gasteiger partial charge in [-0.1, -0.05) is 17.7 Å². The maximum absolute atomic E-state index is 6.30. The van der Waals surface area contributed by atoms with Crippen molar-refractivity contribution in [2.45, 2.75) is 12.8 Å². The average Bonchev–Trinajstić information content (AvgIpc) is 2.54. The summed E-state index contributed by atoms with van der Waals surface area (Å²) in [5.74, 6) is 1.46. The van der Waals surface area contributed by atoms with Crippen LogP contribution in [-0.2, 0) is 6.42 Å². The van der Waals surface area contributed by atoms with Crippen molar-refractivity contribution in [3.05, 3.63) is 22.7 Å². The zero-order chi connectivity index (χ0) is 11.4. The highest BCUT2D eigenvalue weighted by atomic mass is 35.5. The van der Waals surface area contributed by atoms with Gasteiger partial charge in [0.2, 0.25) is 0 Å². The number of hydrogen-bond donors (Lipinski definition) is 1. The number of benzene rings is 1. The Morgan fingerprint density at radius 1 is 1.31 bits per heavy atom. The molecule has 16 heavy (non-hydrogen) atoms. The van der Waals surface area contributed by atoms with Crippen LogP contribution in [0, 0.1) is 0 Å². The van der Waals surface area contributed by atoms with Crippen LogP contribution >= 0.6 is 11.6 Å². The lowest BCUT2D eigenvalue weighted by molar-refractivity contribution is 0.297. The van der Waals surface area contributed by atoms with Crippen LogP contribution in [0.2, 0.25) is 5.02 Å². The second-order valence-electron chi connectivity index (χ2n) is 3.77. The number of nitrogens with one attached hydrogen (secondary N) is 1. The molecule has 1 heterocycles. The van der Waals surface area contributed by atoms with Gasteiger partial charge in [-0.3, -0.25) is 0 Å². The SMILES string of the molecule is CNCCc1ccc2c(c1Cl)OCCCO2. The van der Waals surface area contributed by atoms with Crippen molar-refractivity contribution < 1.29 is 9.47 Å². The third kappa shape index (κ3) is 2.42. The second-order valence-corrected chi connectivity index (χ2v) is 4.15. The molecule has 0 aromatic heterocycles. The molecular formula is C12H16ClNO2. The van der Waals surface area contributed by atoms with E-state index < -0.39 is 0 Å². The summed E-state index contributed by atoms with van der Waals surface area (Å²) in [5, 5.41) is 3.79. The minimum atomic E-state index is 0.669. The molecule has 2 rings (SSSR count). The molecule has 0 fully saturated rings. The van der Waals surface area contributed by atoms with Crippen LogP contribution in [0.15, 0.2) is 12.1 Å². The molecule has 0 atom stereocenters. The fourth-order valence-electron chi connectivity index (χ4n) is 1.70. The number of rotatable bonds is 3. The first-order valence-electron chi connectivity index (χ1n) is 5.54. The molecule has 0 radical (unpaired) electrons. The third-order valence-corrected chi connectivity index (χ3v) is 2.99. The van der Waals surface area contributed by atoms with E-state index in [1.54, 1.807) is 0 Å². The highest BCUT2D eigenvalue weighted by molar-refractivity contribution is 6.33. The summed E-state index contributed by atoms with van der Waals surface area (Å²) < 4.78 is 11.2. The van der Waals surface area contributed by atoms with Crippen LogP contribution in [0.25, 0.3) is 0 Å². The van der Waals surface area contributed by atoms with Gasteiger partial charge in [-0.05, 0) is 31.6 Å². The van der Waals surface area contributed by atoms with E-state index >= 15 is 0 Å². The number of halogens is 1. The highest BCUT2D eigenvalue weighted by Crippen LogP contribution is 2.39. The molecule has 0 bridgehead atoms. The van der Waals surface area contributed by atoms with E-state index in [-0.39, 0.29) is 0 Å². The molecule has 88 valence electrons. The molecule has 0 amide bonds. The fraction of sp³-hybridized carbons (Fsp3) is 0.500. The largest absolute Gasteiger partial charge is 0.490 e. The Hall–Kier alpha value is -0.930. The molecule has 0 saturated carbocycles. The van der Waals surface area contributed by atoms with Gasteiger partial charge in [0.05, 0.1) is 18.2 Å². The molecule has 1 aliphatic heterocycles. The maximum Gasteiger partial charge on any atom is 0.180 e. The Balaban J connectivity index is 2.26. The minimum absolute atomic E-state index is 0.669. The molecule has 0 saturated heterocycles. The molecule has 1 aromatic rings. The summed E-state index contributed by atoms with van der Waals surface area (Å²) in [6, 6.07) is 3.95. The van der Waals surface area contributed by atoms with E-state index in [0.29, 0.717) is 24.0 Å². The molecule has 1 aromatic carbocycles. The Morgan fingerprint density at radius 3 is 2.94 bits per heavy atom. The van der Waals surface area contributed by atoms with E-state index in [1.165, 1.54) is 0 Å². The maximum atomic E-state index is 6.30. The van der Waals surface area contributed by atoms with Gasteiger partial charge >= 0.3 is 0 Å². The molecular weight excluding hydrogens is 226 g/mol. The monoisotopic (exact) mass is 241 g/mol. The Morgan fingerprint density at radius 2 is 2.12 bits per heavy atom. The number of likely N-dealkylation sites (N-methyl/N-ethyl adjacent to an activating group) is 1. The van der Waals surface area contributed by atoms with Crippen molar-refractivity contribution >= 4 is 11.6 Å². The van der Waals surface area contributed by atoms with Gasteiger partial charge in [0, 0.05) is 6.42 Å². The summed E-state index contributed by atoms with van der Waals surface area (Å²) in [4.78, 5) is 0. The third-order valence-electron chi connectivity index (χ3n) is 2.58. The van der Waals surface area contributed by atoms with Crippen LogP contribution in [-0.4, -0.2) is 26.8 Å². The van der Waals surface area contributed by atoms with Crippen LogP contribution < -0.4 is 14.8 Å². The van der Waals surface area contributed by atoms with Crippen molar-refractivity contribution in [2.75, 3.05) is 26.8 Å². The van der Waals surface area contributed by atoms with Crippen LogP contribution in [0.1, 0.15) is 12.0 Å². The van der Waals surface area contributed by atoms with Gasteiger partial charge < -0.3 is 14.8 Å². The average molecular weight is 242 g/mol. The van der Waals surface area contributed by atoms with Gasteiger partial charge in [-0.25, -0.2) is 0 Å². The predicted octanol–water partition coefficient (Wildman–Crippen LogP) is 2.26. The van der Waals surface area contributed by atoms with Crippen molar-refractivity contribution in [1.82, 2.24) is 5.32 Å². The molecule has 1 N–H and O–H groups in total. The minimum Gasteiger partial charge on any atom is -0.490 e. The lowest BCUT2D eigenvalue weighted by Crippen LogP contribution is -2.10. The van der Waals surface area contributed by atoms with Gasteiger partial charge in [0.15, 0.2) is 11.5 Å². The molecule has 0 aliphatic carbocycles. The molecule has 0 unspecified atom stereocenters. The molecule has 0 spiro atoms. The van der Waals surface area contributed by atoms with Gasteiger partial charge in [0.25, 0.3) is 0 Å². The Labute approximate surface area is 101 Å². The summed E-state index contributed by atoms with van der Waals surface area (Å²) in [5.41, 5.74) is 1.10. The Kier molecular flexibility index (Phi) is 3.91. The normalized spacial score (nSPS) is 14.6. The van der Waals surface area contributed by atoms with Crippen LogP contribution in [0.4, 0.5) is 0 Å². The summed E-state index contributed by atoms with van der Waals surface area (Å²) in [7, 11) is 1.93. The molecule has 1 aliphatic rings. The lowest BCUT2D eigenvalue weighted by atomic mass is 10.1. The zero-order valence-electron chi connectivity index (χ0n) is 9.38. The summed E-state index contributed by atoms with van der Waals surface area (Å²) in [6.45, 7) is 2.26. The summed E-state index contributed by atoms with van der Waals surface area (Å²) >= 11 is 6.30. The number of ether oxygens (including phenoxy) is 2. The molecule has 4 heteroatoms. The predicted molar refractivity (Wildman–Crippen MR) is 64.7 cm³/mol. The first kappa shape index (κ1) is 11.6. The Bertz CT molecular complexity index is 368. The van der Waals surface area contributed by atoms with Crippen molar-refractivity contribution in [2.24, 2.45) is 0 Å². The van der Waals surface area contributed by atoms with Gasteiger partial charge in [-0.2, -0.15) is 0 Å². The second kappa shape index (κ2) is 5.41. The van der Waals surface area contributed by atoms with E-state index in [9.17, 15) is 0 Å². The topological polar surface area (TPSA) is 30.5 Å². The van der Waals surface area contributed by atoms with Crippen molar-refractivity contribution in [3.8, 4) is 11.5 Å². The van der Waals surface area contributed by atoms with E-state index in [2.05, 4.69) is 5.32 Å². The lowest BCUT2D eigenvalue weighted by Gasteiger charge is -2.12. The number of fused-ring (bicyclic) bond motifs is 1. The number of hydrogen-bond acceptors (Lipinski definition) is 3. The first-order chi connectivity index (χ1) is 7.83. The van der Waals surface area contributed by atoms with Crippen LogP contribution in [0.3, 0.4) is 0 Å². The van der Waals surface area contributed by atoms with Crippen LogP contribution in [0.5, 0.6) is 11.5 Å². The fourth-order valence-corrected chi connectivity index (χ4v) is 2.00. The van der Waals surface area contributed by atoms with Crippen molar-refractivity contribution in [3.63, 3.8) is 0 Å². The van der Waals surface area contributed by atoms with Gasteiger partial charge in [-0.15, -0.1) is 0 Å². The van der Waals surface area contributed by atoms with E-state index in [0.717, 1.165) is 30.7 Å². The van der Waals surface area contributed by atoms with Gasteiger partial charge in [0.1, 0.15) is 0 Å². The highest BCUT2D eigenvalue weighted by Gasteiger charge is 2.16. The first-order valence-corrected chi connectivity index (χ1v) is 5.92. The zero-order valence-corrected chi connectivity index (χ0v) is 10.1. The molecule has 3 nitrogen and oxygen atoms in total. The summed E-state index contributed by atoms with van der Waals surface area (Å²) in [6.07, 6.45) is 1.79. The van der Waals surface area contributed by atoms with E-state index in [1.807, 2.05) is 19.2 Å². The smallest absolute Gasteiger partial charge is 0.180 e. The quantitative estimate of drug-likeness (QED) is 0.881. The van der Waals surface area contributed by atoms with Crippen molar-refractivity contribution in [1.29, 1.82) is 0 Å². The standard InChI is InChI=1S/C12H16ClNO2/c1-14-6-5-9-3-4-10-12(11(9)13)16-8-2-7-15-10/h3-4,14H,2,5-8H2,1H3. The van der Waals surface area contributed by atoms with E-state index in [4.69, 9.17) is 21.1 Å².